The van der Waals surface area contributed by atoms with Gasteiger partial charge in [0.25, 0.3) is 5.91 Å². The molecule has 0 bridgehead atoms. The third-order valence-corrected chi connectivity index (χ3v) is 4.80. The summed E-state index contributed by atoms with van der Waals surface area (Å²) in [6.07, 6.45) is 8.45. The van der Waals surface area contributed by atoms with Crippen molar-refractivity contribution >= 4 is 23.0 Å². The van der Waals surface area contributed by atoms with E-state index >= 15 is 0 Å². The van der Waals surface area contributed by atoms with Gasteiger partial charge in [-0.05, 0) is 31.9 Å². The standard InChI is InChI=1S/C15H21NO2S/c1-11(17)13-9-10-14(19-13)15(18)16-12-7-5-3-2-4-6-8-12/h9-10,12H,2-8H2,1H3,(H,16,18). The second-order valence-corrected chi connectivity index (χ2v) is 6.32. The number of amides is 1. The maximum Gasteiger partial charge on any atom is 0.261 e. The molecular formula is C15H21NO2S. The van der Waals surface area contributed by atoms with Crippen LogP contribution in [0.1, 0.15) is 71.2 Å². The highest BCUT2D eigenvalue weighted by Crippen LogP contribution is 2.20. The smallest absolute Gasteiger partial charge is 0.261 e. The first kappa shape index (κ1) is 14.3. The molecule has 0 aliphatic heterocycles. The van der Waals surface area contributed by atoms with E-state index in [4.69, 9.17) is 0 Å². The van der Waals surface area contributed by atoms with Crippen molar-refractivity contribution in [1.82, 2.24) is 5.32 Å². The average molecular weight is 279 g/mol. The summed E-state index contributed by atoms with van der Waals surface area (Å²) in [5.41, 5.74) is 0. The zero-order valence-electron chi connectivity index (χ0n) is 11.4. The first-order valence-electron chi connectivity index (χ1n) is 7.08. The van der Waals surface area contributed by atoms with Crippen molar-refractivity contribution in [2.45, 2.75) is 57.9 Å². The summed E-state index contributed by atoms with van der Waals surface area (Å²) in [5, 5.41) is 3.12. The maximum absolute atomic E-state index is 12.1. The lowest BCUT2D eigenvalue weighted by Crippen LogP contribution is -2.34. The highest BCUT2D eigenvalue weighted by molar-refractivity contribution is 7.15. The first-order chi connectivity index (χ1) is 9.16. The Kier molecular flexibility index (Phi) is 5.14. The van der Waals surface area contributed by atoms with Gasteiger partial charge >= 0.3 is 0 Å². The van der Waals surface area contributed by atoms with E-state index in [-0.39, 0.29) is 11.7 Å². The largest absolute Gasteiger partial charge is 0.349 e. The summed E-state index contributed by atoms with van der Waals surface area (Å²) in [7, 11) is 0. The summed E-state index contributed by atoms with van der Waals surface area (Å²) in [6.45, 7) is 1.53. The number of carbonyl (C=O) groups is 2. The molecule has 0 spiro atoms. The molecule has 1 fully saturated rings. The van der Waals surface area contributed by atoms with Gasteiger partial charge in [0.05, 0.1) is 9.75 Å². The van der Waals surface area contributed by atoms with Crippen LogP contribution in [0.2, 0.25) is 0 Å². The number of rotatable bonds is 3. The van der Waals surface area contributed by atoms with Gasteiger partial charge in [-0.3, -0.25) is 9.59 Å². The average Bonchev–Trinajstić information content (AvgIpc) is 2.82. The van der Waals surface area contributed by atoms with Crippen LogP contribution in [-0.4, -0.2) is 17.7 Å². The van der Waals surface area contributed by atoms with E-state index in [1.807, 2.05) is 0 Å². The van der Waals surface area contributed by atoms with Crippen molar-refractivity contribution in [2.24, 2.45) is 0 Å². The highest BCUT2D eigenvalue weighted by Gasteiger charge is 2.17. The molecule has 1 heterocycles. The molecule has 1 aromatic rings. The molecule has 2 rings (SSSR count). The van der Waals surface area contributed by atoms with Crippen LogP contribution in [-0.2, 0) is 0 Å². The molecule has 0 unspecified atom stereocenters. The molecule has 1 N–H and O–H groups in total. The molecular weight excluding hydrogens is 258 g/mol. The van der Waals surface area contributed by atoms with Crippen molar-refractivity contribution in [2.75, 3.05) is 0 Å². The van der Waals surface area contributed by atoms with E-state index in [1.165, 1.54) is 50.4 Å². The Morgan fingerprint density at radius 1 is 1.05 bits per heavy atom. The fourth-order valence-electron chi connectivity index (χ4n) is 2.51. The van der Waals surface area contributed by atoms with E-state index in [9.17, 15) is 9.59 Å². The van der Waals surface area contributed by atoms with Crippen LogP contribution in [0.15, 0.2) is 12.1 Å². The van der Waals surface area contributed by atoms with Crippen LogP contribution < -0.4 is 5.32 Å². The Hall–Kier alpha value is -1.16. The van der Waals surface area contributed by atoms with E-state index in [0.717, 1.165) is 12.8 Å². The molecule has 0 aromatic carbocycles. The number of carbonyl (C=O) groups excluding carboxylic acids is 2. The topological polar surface area (TPSA) is 46.2 Å². The Morgan fingerprint density at radius 2 is 1.63 bits per heavy atom. The van der Waals surface area contributed by atoms with E-state index < -0.39 is 0 Å². The second-order valence-electron chi connectivity index (χ2n) is 5.24. The molecule has 0 radical (unpaired) electrons. The molecule has 0 atom stereocenters. The Morgan fingerprint density at radius 3 is 2.21 bits per heavy atom. The van der Waals surface area contributed by atoms with Gasteiger partial charge in [0.15, 0.2) is 5.78 Å². The van der Waals surface area contributed by atoms with Gasteiger partial charge in [-0.2, -0.15) is 0 Å². The van der Waals surface area contributed by atoms with Gasteiger partial charge in [0.1, 0.15) is 0 Å². The maximum atomic E-state index is 12.1. The lowest BCUT2D eigenvalue weighted by Gasteiger charge is -2.20. The van der Waals surface area contributed by atoms with Gasteiger partial charge in [-0.15, -0.1) is 11.3 Å². The van der Waals surface area contributed by atoms with Crippen LogP contribution in [0.25, 0.3) is 0 Å². The Bertz CT molecular complexity index is 445. The zero-order valence-corrected chi connectivity index (χ0v) is 12.2. The predicted molar refractivity (Wildman–Crippen MR) is 77.9 cm³/mol. The minimum absolute atomic E-state index is 0.0232. The van der Waals surface area contributed by atoms with Crippen molar-refractivity contribution in [3.05, 3.63) is 21.9 Å². The molecule has 1 aromatic heterocycles. The van der Waals surface area contributed by atoms with Crippen molar-refractivity contribution < 1.29 is 9.59 Å². The number of hydrogen-bond acceptors (Lipinski definition) is 3. The quantitative estimate of drug-likeness (QED) is 0.856. The molecule has 104 valence electrons. The predicted octanol–water partition coefficient (Wildman–Crippen LogP) is 3.79. The van der Waals surface area contributed by atoms with Crippen LogP contribution in [0.3, 0.4) is 0 Å². The molecule has 0 saturated heterocycles. The minimum atomic E-state index is -0.0249. The second kappa shape index (κ2) is 6.85. The van der Waals surface area contributed by atoms with Gasteiger partial charge in [0.2, 0.25) is 0 Å². The van der Waals surface area contributed by atoms with Crippen LogP contribution in [0, 0.1) is 0 Å². The van der Waals surface area contributed by atoms with Gasteiger partial charge < -0.3 is 5.32 Å². The number of hydrogen-bond donors (Lipinski definition) is 1. The van der Waals surface area contributed by atoms with Crippen LogP contribution in [0.5, 0.6) is 0 Å². The SMILES string of the molecule is CC(=O)c1ccc(C(=O)NC2CCCCCCC2)s1. The van der Waals surface area contributed by atoms with Crippen molar-refractivity contribution in [3.8, 4) is 0 Å². The minimum Gasteiger partial charge on any atom is -0.349 e. The molecule has 1 aliphatic carbocycles. The third kappa shape index (κ3) is 4.16. The molecule has 1 aliphatic rings. The van der Waals surface area contributed by atoms with Gasteiger partial charge in [-0.1, -0.05) is 32.1 Å². The normalized spacial score (nSPS) is 17.5. The number of thiophene rings is 1. The summed E-state index contributed by atoms with van der Waals surface area (Å²) in [4.78, 5) is 24.7. The molecule has 3 nitrogen and oxygen atoms in total. The fraction of sp³-hybridized carbons (Fsp3) is 0.600. The summed E-state index contributed by atoms with van der Waals surface area (Å²) in [6, 6.07) is 3.79. The lowest BCUT2D eigenvalue weighted by molar-refractivity contribution is 0.0934. The highest BCUT2D eigenvalue weighted by atomic mass is 32.1. The van der Waals surface area contributed by atoms with Gasteiger partial charge in [0, 0.05) is 6.04 Å². The van der Waals surface area contributed by atoms with E-state index in [1.54, 1.807) is 12.1 Å². The molecule has 1 saturated carbocycles. The fourth-order valence-corrected chi connectivity index (χ4v) is 3.31. The molecule has 1 amide bonds. The van der Waals surface area contributed by atoms with Crippen LogP contribution in [0.4, 0.5) is 0 Å². The zero-order chi connectivity index (χ0) is 13.7. The number of Topliss-reactive ketones (excluding diaryl/α,β-unsaturated/α-hetero) is 1. The first-order valence-corrected chi connectivity index (χ1v) is 7.90. The number of nitrogens with one attached hydrogen (secondary N) is 1. The van der Waals surface area contributed by atoms with Crippen molar-refractivity contribution in [3.63, 3.8) is 0 Å². The van der Waals surface area contributed by atoms with Gasteiger partial charge in [-0.25, -0.2) is 0 Å². The summed E-state index contributed by atoms with van der Waals surface area (Å²) in [5.74, 6) is -0.00178. The number of ketones is 1. The van der Waals surface area contributed by atoms with Crippen molar-refractivity contribution in [1.29, 1.82) is 0 Å². The Balaban J connectivity index is 1.93. The molecule has 19 heavy (non-hydrogen) atoms. The third-order valence-electron chi connectivity index (χ3n) is 3.62. The summed E-state index contributed by atoms with van der Waals surface area (Å²) < 4.78 is 0. The van der Waals surface area contributed by atoms with Crippen LogP contribution >= 0.6 is 11.3 Å². The Labute approximate surface area is 118 Å². The lowest BCUT2D eigenvalue weighted by atomic mass is 9.97. The monoisotopic (exact) mass is 279 g/mol. The van der Waals surface area contributed by atoms with E-state index in [2.05, 4.69) is 5.32 Å². The summed E-state index contributed by atoms with van der Waals surface area (Å²) >= 11 is 1.29. The van der Waals surface area contributed by atoms with E-state index in [0.29, 0.717) is 15.8 Å². The molecule has 4 heteroatoms.